The molecule has 0 aliphatic heterocycles. The summed E-state index contributed by atoms with van der Waals surface area (Å²) in [6, 6.07) is 11.8. The zero-order chi connectivity index (χ0) is 19.8. The molecule has 0 fully saturated rings. The molecule has 0 atom stereocenters. The first-order valence-electron chi connectivity index (χ1n) is 8.58. The Morgan fingerprint density at radius 1 is 1.04 bits per heavy atom. The molecule has 0 bridgehead atoms. The third-order valence-corrected chi connectivity index (χ3v) is 4.41. The minimum Gasteiger partial charge on any atom is -0.496 e. The van der Waals surface area contributed by atoms with Gasteiger partial charge in [-0.1, -0.05) is 26.0 Å². The molecule has 0 saturated heterocycles. The summed E-state index contributed by atoms with van der Waals surface area (Å²) in [5.41, 5.74) is 5.50. The highest BCUT2D eigenvalue weighted by Crippen LogP contribution is 2.26. The molecule has 27 heavy (non-hydrogen) atoms. The average molecular weight is 435 g/mol. The number of ether oxygens (including phenoxy) is 2. The van der Waals surface area contributed by atoms with Crippen LogP contribution in [-0.2, 0) is 0 Å². The minimum atomic E-state index is -0.464. The lowest BCUT2D eigenvalue weighted by atomic mass is 10.1. The summed E-state index contributed by atoms with van der Waals surface area (Å²) in [5.74, 6) is 0.752. The molecule has 0 aromatic heterocycles. The number of hydrogen-bond acceptors (Lipinski definition) is 4. The summed E-state index contributed by atoms with van der Waals surface area (Å²) in [6.45, 7) is 4.87. The lowest BCUT2D eigenvalue weighted by Gasteiger charge is -2.12. The van der Waals surface area contributed by atoms with Gasteiger partial charge in [-0.2, -0.15) is 0 Å². The van der Waals surface area contributed by atoms with Crippen LogP contribution >= 0.6 is 15.9 Å². The maximum absolute atomic E-state index is 12.3. The van der Waals surface area contributed by atoms with Crippen LogP contribution in [0.25, 0.3) is 0 Å². The van der Waals surface area contributed by atoms with Crippen molar-refractivity contribution in [2.75, 3.05) is 13.7 Å². The van der Waals surface area contributed by atoms with E-state index < -0.39 is 11.8 Å². The van der Waals surface area contributed by atoms with E-state index in [0.29, 0.717) is 39.6 Å². The Morgan fingerprint density at radius 3 is 2.41 bits per heavy atom. The van der Waals surface area contributed by atoms with E-state index >= 15 is 0 Å². The first-order chi connectivity index (χ1) is 12.9. The predicted octanol–water partition coefficient (Wildman–Crippen LogP) is 3.96. The molecule has 2 aromatic rings. The molecule has 6 nitrogen and oxygen atoms in total. The highest BCUT2D eigenvalue weighted by atomic mass is 79.9. The van der Waals surface area contributed by atoms with Crippen LogP contribution < -0.4 is 20.3 Å². The van der Waals surface area contributed by atoms with Crippen LogP contribution in [0, 0.1) is 5.92 Å². The van der Waals surface area contributed by atoms with E-state index in [2.05, 4.69) is 40.6 Å². The summed E-state index contributed by atoms with van der Waals surface area (Å²) >= 11 is 3.41. The quantitative estimate of drug-likeness (QED) is 0.646. The van der Waals surface area contributed by atoms with Gasteiger partial charge in [-0.15, -0.1) is 0 Å². The molecule has 0 radical (unpaired) electrons. The molecule has 0 saturated carbocycles. The van der Waals surface area contributed by atoms with Gasteiger partial charge in [-0.3, -0.25) is 20.4 Å². The van der Waals surface area contributed by atoms with E-state index in [1.165, 1.54) is 7.11 Å². The van der Waals surface area contributed by atoms with E-state index in [9.17, 15) is 9.59 Å². The van der Waals surface area contributed by atoms with Crippen molar-refractivity contribution in [2.45, 2.75) is 20.3 Å². The Kier molecular flexibility index (Phi) is 7.67. The van der Waals surface area contributed by atoms with Gasteiger partial charge in [0.05, 0.1) is 23.8 Å². The molecular weight excluding hydrogens is 412 g/mol. The van der Waals surface area contributed by atoms with Crippen LogP contribution in [0.15, 0.2) is 46.9 Å². The number of hydrogen-bond donors (Lipinski definition) is 2. The summed E-state index contributed by atoms with van der Waals surface area (Å²) in [5, 5.41) is 0. The number of nitrogens with one attached hydrogen (secondary N) is 2. The second-order valence-electron chi connectivity index (χ2n) is 6.28. The van der Waals surface area contributed by atoms with E-state index in [1.807, 2.05) is 0 Å². The van der Waals surface area contributed by atoms with Crippen LogP contribution in [0.2, 0.25) is 0 Å². The number of amides is 2. The van der Waals surface area contributed by atoms with Gasteiger partial charge in [-0.05, 0) is 58.6 Å². The number of methoxy groups -OCH3 is 1. The SMILES string of the molecule is COc1ccccc1C(=O)NNC(=O)c1ccc(OCCC(C)C)c(Br)c1. The highest BCUT2D eigenvalue weighted by molar-refractivity contribution is 9.10. The maximum atomic E-state index is 12.3. The number of carbonyl (C=O) groups excluding carboxylic acids is 2. The van der Waals surface area contributed by atoms with Crippen molar-refractivity contribution in [1.82, 2.24) is 10.9 Å². The molecule has 0 unspecified atom stereocenters. The number of rotatable bonds is 7. The van der Waals surface area contributed by atoms with Crippen LogP contribution in [0.1, 0.15) is 41.0 Å². The fraction of sp³-hybridized carbons (Fsp3) is 0.300. The molecule has 7 heteroatoms. The van der Waals surface area contributed by atoms with Gasteiger partial charge >= 0.3 is 0 Å². The highest BCUT2D eigenvalue weighted by Gasteiger charge is 2.14. The Bertz CT molecular complexity index is 808. The van der Waals surface area contributed by atoms with Gasteiger partial charge in [0.25, 0.3) is 11.8 Å². The summed E-state index contributed by atoms with van der Waals surface area (Å²) in [4.78, 5) is 24.5. The standard InChI is InChI=1S/C20H23BrN2O4/c1-13(2)10-11-27-18-9-8-14(12-16(18)21)19(24)22-23-20(25)15-6-4-5-7-17(15)26-3/h4-9,12-13H,10-11H2,1-3H3,(H,22,24)(H,23,25). The van der Waals surface area contributed by atoms with Crippen LogP contribution in [0.4, 0.5) is 0 Å². The largest absolute Gasteiger partial charge is 0.496 e. The molecule has 144 valence electrons. The van der Waals surface area contributed by atoms with Crippen LogP contribution in [-0.4, -0.2) is 25.5 Å². The van der Waals surface area contributed by atoms with Crippen molar-refractivity contribution in [3.05, 3.63) is 58.1 Å². The Labute approximate surface area is 167 Å². The lowest BCUT2D eigenvalue weighted by Crippen LogP contribution is -2.41. The molecule has 0 aliphatic rings. The second-order valence-corrected chi connectivity index (χ2v) is 7.14. The fourth-order valence-electron chi connectivity index (χ4n) is 2.25. The van der Waals surface area contributed by atoms with Crippen LogP contribution in [0.5, 0.6) is 11.5 Å². The van der Waals surface area contributed by atoms with E-state index in [4.69, 9.17) is 9.47 Å². The summed E-state index contributed by atoms with van der Waals surface area (Å²) in [7, 11) is 1.48. The Hall–Kier alpha value is -2.54. The third kappa shape index (κ3) is 5.99. The normalized spacial score (nSPS) is 10.4. The Balaban J connectivity index is 1.95. The van der Waals surface area contributed by atoms with E-state index in [1.54, 1.807) is 42.5 Å². The zero-order valence-electron chi connectivity index (χ0n) is 15.5. The van der Waals surface area contributed by atoms with Crippen molar-refractivity contribution >= 4 is 27.7 Å². The van der Waals surface area contributed by atoms with Gasteiger partial charge in [0.15, 0.2) is 0 Å². The summed E-state index contributed by atoms with van der Waals surface area (Å²) in [6.07, 6.45) is 0.948. The molecular formula is C20H23BrN2O4. The van der Waals surface area contributed by atoms with Crippen molar-refractivity contribution in [2.24, 2.45) is 5.92 Å². The molecule has 2 rings (SSSR count). The fourth-order valence-corrected chi connectivity index (χ4v) is 2.74. The number of para-hydroxylation sites is 1. The third-order valence-electron chi connectivity index (χ3n) is 3.79. The second kappa shape index (κ2) is 9.97. The molecule has 2 amide bonds. The van der Waals surface area contributed by atoms with Crippen LogP contribution in [0.3, 0.4) is 0 Å². The minimum absolute atomic E-state index is 0.329. The van der Waals surface area contributed by atoms with Crippen molar-refractivity contribution in [3.63, 3.8) is 0 Å². The number of benzene rings is 2. The van der Waals surface area contributed by atoms with Gasteiger partial charge < -0.3 is 9.47 Å². The number of hydrazine groups is 1. The lowest BCUT2D eigenvalue weighted by molar-refractivity contribution is 0.0845. The smallest absolute Gasteiger partial charge is 0.273 e. The maximum Gasteiger partial charge on any atom is 0.273 e. The number of carbonyl (C=O) groups is 2. The van der Waals surface area contributed by atoms with E-state index in [0.717, 1.165) is 6.42 Å². The first kappa shape index (κ1) is 20.8. The topological polar surface area (TPSA) is 76.7 Å². The van der Waals surface area contributed by atoms with Gasteiger partial charge in [-0.25, -0.2) is 0 Å². The van der Waals surface area contributed by atoms with Crippen molar-refractivity contribution in [3.8, 4) is 11.5 Å². The average Bonchev–Trinajstić information content (AvgIpc) is 2.66. The monoisotopic (exact) mass is 434 g/mol. The van der Waals surface area contributed by atoms with Gasteiger partial charge in [0.1, 0.15) is 11.5 Å². The predicted molar refractivity (Wildman–Crippen MR) is 107 cm³/mol. The van der Waals surface area contributed by atoms with Crippen molar-refractivity contribution < 1.29 is 19.1 Å². The van der Waals surface area contributed by atoms with Crippen molar-refractivity contribution in [1.29, 1.82) is 0 Å². The number of halogens is 1. The van der Waals surface area contributed by atoms with Gasteiger partial charge in [0.2, 0.25) is 0 Å². The van der Waals surface area contributed by atoms with E-state index in [-0.39, 0.29) is 0 Å². The molecule has 2 N–H and O–H groups in total. The zero-order valence-corrected chi connectivity index (χ0v) is 17.1. The van der Waals surface area contributed by atoms with Gasteiger partial charge in [0, 0.05) is 5.56 Å². The molecule has 0 spiro atoms. The molecule has 2 aromatic carbocycles. The summed E-state index contributed by atoms with van der Waals surface area (Å²) < 4.78 is 11.5. The molecule has 0 aliphatic carbocycles. The Morgan fingerprint density at radius 2 is 1.74 bits per heavy atom. The molecule has 0 heterocycles. The first-order valence-corrected chi connectivity index (χ1v) is 9.37.